The zero-order chi connectivity index (χ0) is 17.5. The summed E-state index contributed by atoms with van der Waals surface area (Å²) >= 11 is 0. The highest BCUT2D eigenvalue weighted by atomic mass is 16.3. The number of hydrogen-bond acceptors (Lipinski definition) is 4. The van der Waals surface area contributed by atoms with Gasteiger partial charge >= 0.3 is 0 Å². The lowest BCUT2D eigenvalue weighted by Crippen LogP contribution is -2.43. The van der Waals surface area contributed by atoms with Gasteiger partial charge in [0.15, 0.2) is 0 Å². The Balaban J connectivity index is 1.32. The molecule has 2 aliphatic rings. The average Bonchev–Trinajstić information content (AvgIpc) is 3.20. The molecule has 2 aliphatic heterocycles. The molecule has 6 heteroatoms. The van der Waals surface area contributed by atoms with E-state index in [9.17, 15) is 9.59 Å². The smallest absolute Gasteiger partial charge is 0.257 e. The minimum Gasteiger partial charge on any atom is -0.472 e. The number of likely N-dealkylation sites (tertiary alicyclic amines) is 2. The van der Waals surface area contributed by atoms with Gasteiger partial charge in [-0.2, -0.15) is 0 Å². The van der Waals surface area contributed by atoms with Gasteiger partial charge in [0.25, 0.3) is 5.91 Å². The Labute approximate surface area is 149 Å². The lowest BCUT2D eigenvalue weighted by Gasteiger charge is -2.31. The monoisotopic (exact) mass is 347 g/mol. The Morgan fingerprint density at radius 3 is 2.56 bits per heavy atom. The number of piperidine rings is 2. The van der Waals surface area contributed by atoms with Gasteiger partial charge in [-0.1, -0.05) is 6.42 Å². The van der Waals surface area contributed by atoms with E-state index in [0.29, 0.717) is 18.7 Å². The fraction of sp³-hybridized carbons (Fsp3) is 0.684. The summed E-state index contributed by atoms with van der Waals surface area (Å²) in [5.41, 5.74) is 0.584. The van der Waals surface area contributed by atoms with E-state index >= 15 is 0 Å². The van der Waals surface area contributed by atoms with Crippen LogP contribution in [0.2, 0.25) is 0 Å². The first-order chi connectivity index (χ1) is 12.2. The Kier molecular flexibility index (Phi) is 6.50. The predicted molar refractivity (Wildman–Crippen MR) is 95.3 cm³/mol. The van der Waals surface area contributed by atoms with Gasteiger partial charge < -0.3 is 19.5 Å². The number of carbonyl (C=O) groups excluding carboxylic acids is 2. The van der Waals surface area contributed by atoms with E-state index in [-0.39, 0.29) is 17.7 Å². The fourth-order valence-electron chi connectivity index (χ4n) is 3.76. The summed E-state index contributed by atoms with van der Waals surface area (Å²) in [5.74, 6) is 0.173. The molecule has 3 rings (SSSR count). The number of nitrogens with one attached hydrogen (secondary N) is 1. The first kappa shape index (κ1) is 18.0. The Morgan fingerprint density at radius 2 is 1.88 bits per heavy atom. The maximum Gasteiger partial charge on any atom is 0.257 e. The molecule has 1 aromatic rings. The van der Waals surface area contributed by atoms with Gasteiger partial charge in [-0.05, 0) is 57.8 Å². The third-order valence-electron chi connectivity index (χ3n) is 5.32. The van der Waals surface area contributed by atoms with Crippen LogP contribution in [0.25, 0.3) is 0 Å². The first-order valence-electron chi connectivity index (χ1n) is 9.55. The Hall–Kier alpha value is -1.82. The van der Waals surface area contributed by atoms with E-state index in [4.69, 9.17) is 4.42 Å². The largest absolute Gasteiger partial charge is 0.472 e. The average molecular weight is 347 g/mol. The van der Waals surface area contributed by atoms with Gasteiger partial charge in [-0.15, -0.1) is 0 Å². The SMILES string of the molecule is O=C(NCCCN1CCCCC1)C1CCN(C(=O)c2ccoc2)CC1. The molecule has 1 aromatic heterocycles. The van der Waals surface area contributed by atoms with Gasteiger partial charge in [-0.25, -0.2) is 0 Å². The summed E-state index contributed by atoms with van der Waals surface area (Å²) in [5, 5.41) is 3.08. The molecule has 2 fully saturated rings. The summed E-state index contributed by atoms with van der Waals surface area (Å²) in [4.78, 5) is 28.9. The Bertz CT molecular complexity index is 544. The van der Waals surface area contributed by atoms with E-state index in [2.05, 4.69) is 10.2 Å². The summed E-state index contributed by atoms with van der Waals surface area (Å²) in [6, 6.07) is 1.68. The second-order valence-corrected chi connectivity index (χ2v) is 7.13. The summed E-state index contributed by atoms with van der Waals surface area (Å²) in [7, 11) is 0. The minimum absolute atomic E-state index is 0.00543. The van der Waals surface area contributed by atoms with Crippen molar-refractivity contribution in [3.8, 4) is 0 Å². The third-order valence-corrected chi connectivity index (χ3v) is 5.32. The molecule has 25 heavy (non-hydrogen) atoms. The van der Waals surface area contributed by atoms with Crippen molar-refractivity contribution in [1.82, 2.24) is 15.1 Å². The van der Waals surface area contributed by atoms with Crippen LogP contribution in [0, 0.1) is 5.92 Å². The topological polar surface area (TPSA) is 65.8 Å². The van der Waals surface area contributed by atoms with Gasteiger partial charge in [0.05, 0.1) is 11.8 Å². The van der Waals surface area contributed by atoms with Crippen LogP contribution in [0.5, 0.6) is 0 Å². The standard InChI is InChI=1S/C19H29N3O3/c23-18(20-8-4-11-21-9-2-1-3-10-21)16-5-12-22(13-6-16)19(24)17-7-14-25-15-17/h7,14-16H,1-6,8-13H2,(H,20,23). The zero-order valence-electron chi connectivity index (χ0n) is 14.9. The molecule has 0 aromatic carbocycles. The zero-order valence-corrected chi connectivity index (χ0v) is 14.9. The maximum absolute atomic E-state index is 12.3. The number of rotatable bonds is 6. The van der Waals surface area contributed by atoms with Crippen LogP contribution in [-0.4, -0.2) is 60.9 Å². The van der Waals surface area contributed by atoms with Gasteiger partial charge in [0.1, 0.15) is 6.26 Å². The van der Waals surface area contributed by atoms with Crippen LogP contribution in [-0.2, 0) is 4.79 Å². The first-order valence-corrected chi connectivity index (χ1v) is 9.55. The molecule has 6 nitrogen and oxygen atoms in total. The summed E-state index contributed by atoms with van der Waals surface area (Å²) in [6.07, 6.45) is 9.45. The van der Waals surface area contributed by atoms with Crippen molar-refractivity contribution in [3.05, 3.63) is 24.2 Å². The Morgan fingerprint density at radius 1 is 1.12 bits per heavy atom. The number of furan rings is 1. The molecule has 0 spiro atoms. The van der Waals surface area contributed by atoms with E-state index in [1.807, 2.05) is 4.90 Å². The highest BCUT2D eigenvalue weighted by Crippen LogP contribution is 2.19. The molecular formula is C19H29N3O3. The number of hydrogen-bond donors (Lipinski definition) is 1. The van der Waals surface area contributed by atoms with E-state index in [0.717, 1.165) is 32.4 Å². The molecule has 0 bridgehead atoms. The van der Waals surface area contributed by atoms with Gasteiger partial charge in [-0.3, -0.25) is 9.59 Å². The molecule has 3 heterocycles. The van der Waals surface area contributed by atoms with E-state index < -0.39 is 0 Å². The molecule has 1 N–H and O–H groups in total. The maximum atomic E-state index is 12.3. The molecule has 2 amide bonds. The van der Waals surface area contributed by atoms with Crippen LogP contribution in [0.4, 0.5) is 0 Å². The molecular weight excluding hydrogens is 318 g/mol. The molecule has 0 saturated carbocycles. The predicted octanol–water partition coefficient (Wildman–Crippen LogP) is 2.12. The lowest BCUT2D eigenvalue weighted by atomic mass is 9.95. The number of amides is 2. The molecule has 0 aliphatic carbocycles. The molecule has 2 saturated heterocycles. The van der Waals surface area contributed by atoms with E-state index in [1.165, 1.54) is 44.9 Å². The fourth-order valence-corrected chi connectivity index (χ4v) is 3.76. The van der Waals surface area contributed by atoms with Crippen molar-refractivity contribution in [2.24, 2.45) is 5.92 Å². The summed E-state index contributed by atoms with van der Waals surface area (Å²) in [6.45, 7) is 5.52. The van der Waals surface area contributed by atoms with Crippen molar-refractivity contribution < 1.29 is 14.0 Å². The molecule has 0 radical (unpaired) electrons. The second kappa shape index (κ2) is 9.04. The molecule has 0 unspecified atom stereocenters. The van der Waals surface area contributed by atoms with Gasteiger partial charge in [0.2, 0.25) is 5.91 Å². The number of carbonyl (C=O) groups is 2. The third kappa shape index (κ3) is 5.08. The van der Waals surface area contributed by atoms with Crippen molar-refractivity contribution in [2.45, 2.75) is 38.5 Å². The molecule has 0 atom stereocenters. The van der Waals surface area contributed by atoms with E-state index in [1.54, 1.807) is 6.07 Å². The van der Waals surface area contributed by atoms with Crippen LogP contribution in [0.15, 0.2) is 23.0 Å². The van der Waals surface area contributed by atoms with Crippen molar-refractivity contribution in [3.63, 3.8) is 0 Å². The quantitative estimate of drug-likeness (QED) is 0.801. The highest BCUT2D eigenvalue weighted by molar-refractivity contribution is 5.94. The molecule has 138 valence electrons. The second-order valence-electron chi connectivity index (χ2n) is 7.13. The van der Waals surface area contributed by atoms with Crippen molar-refractivity contribution in [2.75, 3.05) is 39.3 Å². The number of nitrogens with zero attached hydrogens (tertiary/aromatic N) is 2. The lowest BCUT2D eigenvalue weighted by molar-refractivity contribution is -0.126. The van der Waals surface area contributed by atoms with Crippen LogP contribution < -0.4 is 5.32 Å². The minimum atomic E-state index is -0.00543. The normalized spacial score (nSPS) is 19.8. The van der Waals surface area contributed by atoms with Gasteiger partial charge in [0, 0.05) is 25.6 Å². The van der Waals surface area contributed by atoms with Crippen LogP contribution in [0.1, 0.15) is 48.9 Å². The highest BCUT2D eigenvalue weighted by Gasteiger charge is 2.27. The van der Waals surface area contributed by atoms with Crippen LogP contribution in [0.3, 0.4) is 0 Å². The summed E-state index contributed by atoms with van der Waals surface area (Å²) < 4.78 is 4.97. The van der Waals surface area contributed by atoms with Crippen molar-refractivity contribution >= 4 is 11.8 Å². The van der Waals surface area contributed by atoms with Crippen LogP contribution >= 0.6 is 0 Å². The van der Waals surface area contributed by atoms with Crippen molar-refractivity contribution in [1.29, 1.82) is 0 Å².